The molecule has 7 heteroatoms. The summed E-state index contributed by atoms with van der Waals surface area (Å²) in [6.45, 7) is 0. The number of nitro benzene ring substituents is 1. The van der Waals surface area contributed by atoms with Crippen LogP contribution in [0.25, 0.3) is 0 Å². The van der Waals surface area contributed by atoms with Gasteiger partial charge in [-0.3, -0.25) is 10.1 Å². The minimum absolute atomic E-state index is 0.0463. The molecule has 0 bridgehead atoms. The normalized spacial score (nSPS) is 20.6. The minimum atomic E-state index is -0.415. The van der Waals surface area contributed by atoms with E-state index in [1.54, 1.807) is 24.4 Å². The fourth-order valence-corrected chi connectivity index (χ4v) is 2.39. The Bertz CT molecular complexity index is 685. The van der Waals surface area contributed by atoms with Crippen LogP contribution in [-0.4, -0.2) is 9.91 Å². The van der Waals surface area contributed by atoms with Crippen LogP contribution in [0.2, 0.25) is 5.15 Å². The Labute approximate surface area is 125 Å². The number of halogens is 1. The second-order valence-corrected chi connectivity index (χ2v) is 5.15. The largest absolute Gasteiger partial charge is 0.269 e. The average Bonchev–Trinajstić information content (AvgIpc) is 2.98. The van der Waals surface area contributed by atoms with Crippen LogP contribution in [0.3, 0.4) is 0 Å². The van der Waals surface area contributed by atoms with Crippen LogP contribution in [0, 0.1) is 10.1 Å². The Morgan fingerprint density at radius 3 is 2.24 bits per heavy atom. The predicted molar refractivity (Wildman–Crippen MR) is 77.3 cm³/mol. The molecular weight excluding hydrogens is 292 g/mol. The lowest BCUT2D eigenvalue weighted by Crippen LogP contribution is -1.97. The van der Waals surface area contributed by atoms with Crippen LogP contribution in [-0.2, 0) is 0 Å². The molecule has 6 nitrogen and oxygen atoms in total. The van der Waals surface area contributed by atoms with Gasteiger partial charge in [-0.25, -0.2) is 4.98 Å². The van der Waals surface area contributed by atoms with Gasteiger partial charge in [0.15, 0.2) is 0 Å². The highest BCUT2D eigenvalue weighted by atomic mass is 35.5. The molecule has 21 heavy (non-hydrogen) atoms. The second kappa shape index (κ2) is 5.57. The van der Waals surface area contributed by atoms with Crippen molar-refractivity contribution in [3.05, 3.63) is 69.0 Å². The molecule has 0 N–H and O–H groups in total. The van der Waals surface area contributed by atoms with Gasteiger partial charge in [-0.15, -0.1) is 0 Å². The minimum Gasteiger partial charge on any atom is -0.258 e. The number of nitro groups is 1. The van der Waals surface area contributed by atoms with E-state index in [1.807, 2.05) is 6.07 Å². The summed E-state index contributed by atoms with van der Waals surface area (Å²) in [6, 6.07) is 9.92. The van der Waals surface area contributed by atoms with Gasteiger partial charge in [0.2, 0.25) is 0 Å². The maximum Gasteiger partial charge on any atom is 0.269 e. The van der Waals surface area contributed by atoms with Crippen molar-refractivity contribution < 1.29 is 4.92 Å². The van der Waals surface area contributed by atoms with E-state index in [2.05, 4.69) is 15.2 Å². The van der Waals surface area contributed by atoms with Crippen molar-refractivity contribution in [1.29, 1.82) is 0 Å². The van der Waals surface area contributed by atoms with Gasteiger partial charge in [0.05, 0.1) is 17.0 Å². The molecule has 2 aromatic rings. The number of hydrogen-bond acceptors (Lipinski definition) is 5. The third-order valence-corrected chi connectivity index (χ3v) is 3.64. The fraction of sp³-hybridized carbons (Fsp3) is 0.214. The van der Waals surface area contributed by atoms with Gasteiger partial charge in [-0.2, -0.15) is 10.2 Å². The highest BCUT2D eigenvalue weighted by Crippen LogP contribution is 2.38. The van der Waals surface area contributed by atoms with Crippen molar-refractivity contribution >= 4 is 17.3 Å². The lowest BCUT2D eigenvalue weighted by atomic mass is 9.98. The zero-order valence-electron chi connectivity index (χ0n) is 10.9. The number of non-ortho nitro benzene ring substituents is 1. The zero-order chi connectivity index (χ0) is 14.8. The van der Waals surface area contributed by atoms with Crippen molar-refractivity contribution in [2.75, 3.05) is 0 Å². The number of aromatic nitrogens is 1. The molecule has 3 rings (SSSR count). The van der Waals surface area contributed by atoms with Crippen molar-refractivity contribution in [3.63, 3.8) is 0 Å². The number of azo groups is 1. The van der Waals surface area contributed by atoms with Crippen molar-refractivity contribution in [2.45, 2.75) is 18.5 Å². The van der Waals surface area contributed by atoms with E-state index in [9.17, 15) is 10.1 Å². The highest BCUT2D eigenvalue weighted by molar-refractivity contribution is 6.29. The summed E-state index contributed by atoms with van der Waals surface area (Å²) in [5.74, 6) is 0. The third-order valence-electron chi connectivity index (χ3n) is 3.42. The Hall–Kier alpha value is -2.34. The van der Waals surface area contributed by atoms with Gasteiger partial charge >= 0.3 is 0 Å². The lowest BCUT2D eigenvalue weighted by Gasteiger charge is -2.08. The molecular formula is C14H11ClN4O2. The fourth-order valence-electron chi connectivity index (χ4n) is 2.27. The summed E-state index contributed by atoms with van der Waals surface area (Å²) in [6.07, 6.45) is 2.42. The van der Waals surface area contributed by atoms with Crippen molar-refractivity contribution in [3.8, 4) is 0 Å². The first-order valence-electron chi connectivity index (χ1n) is 6.39. The van der Waals surface area contributed by atoms with Gasteiger partial charge in [0.1, 0.15) is 5.15 Å². The van der Waals surface area contributed by atoms with Crippen molar-refractivity contribution in [1.82, 2.24) is 4.98 Å². The van der Waals surface area contributed by atoms with Crippen LogP contribution in [0.5, 0.6) is 0 Å². The average molecular weight is 303 g/mol. The Morgan fingerprint density at radius 2 is 1.67 bits per heavy atom. The molecule has 106 valence electrons. The van der Waals surface area contributed by atoms with Crippen LogP contribution in [0.15, 0.2) is 52.8 Å². The maximum atomic E-state index is 10.6. The molecule has 2 atom stereocenters. The molecule has 2 heterocycles. The quantitative estimate of drug-likeness (QED) is 0.482. The number of hydrogen-bond donors (Lipinski definition) is 0. The van der Waals surface area contributed by atoms with Crippen LogP contribution >= 0.6 is 11.6 Å². The van der Waals surface area contributed by atoms with Gasteiger partial charge in [-0.05, 0) is 29.3 Å². The number of nitrogens with zero attached hydrogens (tertiary/aromatic N) is 4. The lowest BCUT2D eigenvalue weighted by molar-refractivity contribution is -0.384. The standard InChI is InChI=1S/C14H11ClN4O2/c15-14-6-3-10(8-16-14)13-7-12(17-18-13)9-1-4-11(5-2-9)19(20)21/h1-6,8,12-13H,7H2. The molecule has 1 aliphatic heterocycles. The summed E-state index contributed by atoms with van der Waals surface area (Å²) < 4.78 is 0. The zero-order valence-corrected chi connectivity index (χ0v) is 11.6. The molecule has 0 saturated carbocycles. The summed E-state index contributed by atoms with van der Waals surface area (Å²) in [5, 5.41) is 19.6. The Kier molecular flexibility index (Phi) is 3.62. The molecule has 1 aromatic heterocycles. The van der Waals surface area contributed by atoms with E-state index in [0.717, 1.165) is 17.5 Å². The molecule has 0 radical (unpaired) electrons. The van der Waals surface area contributed by atoms with Gasteiger partial charge in [-0.1, -0.05) is 17.7 Å². The molecule has 0 amide bonds. The summed E-state index contributed by atoms with van der Waals surface area (Å²) >= 11 is 5.76. The molecule has 0 saturated heterocycles. The first kappa shape index (κ1) is 13.6. The third kappa shape index (κ3) is 2.90. The smallest absolute Gasteiger partial charge is 0.258 e. The molecule has 1 aliphatic rings. The van der Waals surface area contributed by atoms with Crippen molar-refractivity contribution in [2.24, 2.45) is 10.2 Å². The second-order valence-electron chi connectivity index (χ2n) is 4.76. The van der Waals surface area contributed by atoms with Crippen LogP contribution < -0.4 is 0 Å². The topological polar surface area (TPSA) is 80.8 Å². The highest BCUT2D eigenvalue weighted by Gasteiger charge is 2.25. The van der Waals surface area contributed by atoms with E-state index >= 15 is 0 Å². The Morgan fingerprint density at radius 1 is 1.05 bits per heavy atom. The first-order valence-corrected chi connectivity index (χ1v) is 6.77. The first-order chi connectivity index (χ1) is 10.1. The van der Waals surface area contributed by atoms with E-state index in [1.165, 1.54) is 12.1 Å². The summed E-state index contributed by atoms with van der Waals surface area (Å²) in [5.41, 5.74) is 1.97. The molecule has 2 unspecified atom stereocenters. The molecule has 0 aliphatic carbocycles. The monoisotopic (exact) mass is 302 g/mol. The van der Waals surface area contributed by atoms with Crippen LogP contribution in [0.4, 0.5) is 5.69 Å². The summed E-state index contributed by atoms with van der Waals surface area (Å²) in [7, 11) is 0. The molecule has 1 aromatic carbocycles. The van der Waals surface area contributed by atoms with Gasteiger partial charge < -0.3 is 0 Å². The Balaban J connectivity index is 1.74. The van der Waals surface area contributed by atoms with E-state index < -0.39 is 4.92 Å². The molecule has 0 fully saturated rings. The molecule has 0 spiro atoms. The maximum absolute atomic E-state index is 10.6. The van der Waals surface area contributed by atoms with Gasteiger partial charge in [0.25, 0.3) is 5.69 Å². The number of benzene rings is 1. The van der Waals surface area contributed by atoms with Crippen LogP contribution in [0.1, 0.15) is 29.6 Å². The van der Waals surface area contributed by atoms with Gasteiger partial charge in [0, 0.05) is 24.8 Å². The van der Waals surface area contributed by atoms with E-state index in [4.69, 9.17) is 11.6 Å². The predicted octanol–water partition coefficient (Wildman–Crippen LogP) is 4.28. The van der Waals surface area contributed by atoms with E-state index in [0.29, 0.717) is 5.15 Å². The number of pyridine rings is 1. The SMILES string of the molecule is O=[N+]([O-])c1ccc(C2CC(c3ccc(Cl)nc3)N=N2)cc1. The van der Waals surface area contributed by atoms with E-state index in [-0.39, 0.29) is 17.8 Å². The summed E-state index contributed by atoms with van der Waals surface area (Å²) in [4.78, 5) is 14.3. The number of rotatable bonds is 3.